The Morgan fingerprint density at radius 2 is 1.88 bits per heavy atom. The second-order valence-corrected chi connectivity index (χ2v) is 7.54. The number of benzene rings is 2. The van der Waals surface area contributed by atoms with E-state index >= 15 is 0 Å². The first-order valence-corrected chi connectivity index (χ1v) is 9.58. The summed E-state index contributed by atoms with van der Waals surface area (Å²) in [7, 11) is -2.11. The number of anilines is 2. The Bertz CT molecular complexity index is 846. The maximum absolute atomic E-state index is 12.7. The topological polar surface area (TPSA) is 67.9 Å². The highest BCUT2D eigenvalue weighted by molar-refractivity contribution is 7.92. The van der Waals surface area contributed by atoms with Gasteiger partial charge in [-0.05, 0) is 48.9 Å². The van der Waals surface area contributed by atoms with Gasteiger partial charge in [0.15, 0.2) is 0 Å². The van der Waals surface area contributed by atoms with Gasteiger partial charge in [-0.1, -0.05) is 6.07 Å². The van der Waals surface area contributed by atoms with Crippen LogP contribution >= 0.6 is 0 Å². The lowest BCUT2D eigenvalue weighted by molar-refractivity contribution is 0.122. The van der Waals surface area contributed by atoms with Crippen molar-refractivity contribution in [2.75, 3.05) is 43.0 Å². The van der Waals surface area contributed by atoms with Crippen LogP contribution in [0.25, 0.3) is 0 Å². The molecule has 0 saturated carbocycles. The Labute approximate surface area is 148 Å². The number of sulfonamides is 1. The summed E-state index contributed by atoms with van der Waals surface area (Å²) in [5, 5.41) is 0. The second kappa shape index (κ2) is 7.33. The van der Waals surface area contributed by atoms with Crippen molar-refractivity contribution in [3.8, 4) is 5.75 Å². The fourth-order valence-electron chi connectivity index (χ4n) is 2.85. The van der Waals surface area contributed by atoms with Crippen molar-refractivity contribution in [3.63, 3.8) is 0 Å². The summed E-state index contributed by atoms with van der Waals surface area (Å²) >= 11 is 0. The summed E-state index contributed by atoms with van der Waals surface area (Å²) in [4.78, 5) is 2.42. The first kappa shape index (κ1) is 17.6. The van der Waals surface area contributed by atoms with E-state index in [1.54, 1.807) is 38.3 Å². The summed E-state index contributed by atoms with van der Waals surface area (Å²) in [6.07, 6.45) is 0. The van der Waals surface area contributed by atoms with Crippen LogP contribution < -0.4 is 14.4 Å². The molecule has 1 N–H and O–H groups in total. The maximum atomic E-state index is 12.7. The predicted molar refractivity (Wildman–Crippen MR) is 98.0 cm³/mol. The van der Waals surface area contributed by atoms with E-state index in [1.165, 1.54) is 0 Å². The summed E-state index contributed by atoms with van der Waals surface area (Å²) in [6.45, 7) is 4.71. The summed E-state index contributed by atoms with van der Waals surface area (Å²) < 4.78 is 38.6. The number of rotatable bonds is 5. The zero-order chi connectivity index (χ0) is 17.9. The molecule has 7 heteroatoms. The minimum absolute atomic E-state index is 0.241. The highest BCUT2D eigenvalue weighted by atomic mass is 32.2. The smallest absolute Gasteiger partial charge is 0.262 e. The van der Waals surface area contributed by atoms with E-state index in [1.807, 2.05) is 18.2 Å². The van der Waals surface area contributed by atoms with Crippen LogP contribution in [-0.4, -0.2) is 41.8 Å². The van der Waals surface area contributed by atoms with Crippen LogP contribution in [0.1, 0.15) is 5.56 Å². The summed E-state index contributed by atoms with van der Waals surface area (Å²) in [5.74, 6) is 0.630. The minimum Gasteiger partial charge on any atom is -0.497 e. The Kier molecular flexibility index (Phi) is 5.15. The molecule has 2 aromatic carbocycles. The Morgan fingerprint density at radius 1 is 1.12 bits per heavy atom. The standard InChI is InChI=1S/C18H22N2O4S/c1-14-12-17(23-2)6-7-18(14)25(21,22)19-15-4-3-5-16(13-15)20-8-10-24-11-9-20/h3-7,12-13,19H,8-11H2,1-2H3. The van der Waals surface area contributed by atoms with E-state index in [0.717, 1.165) is 18.8 Å². The third-order valence-electron chi connectivity index (χ3n) is 4.15. The van der Waals surface area contributed by atoms with E-state index in [2.05, 4.69) is 9.62 Å². The lowest BCUT2D eigenvalue weighted by Gasteiger charge is -2.29. The molecule has 0 radical (unpaired) electrons. The van der Waals surface area contributed by atoms with Crippen molar-refractivity contribution in [1.82, 2.24) is 0 Å². The molecular weight excluding hydrogens is 340 g/mol. The number of hydrogen-bond donors (Lipinski definition) is 1. The molecule has 0 spiro atoms. The highest BCUT2D eigenvalue weighted by Crippen LogP contribution is 2.25. The Balaban J connectivity index is 1.83. The molecule has 0 bridgehead atoms. The van der Waals surface area contributed by atoms with Crippen molar-refractivity contribution < 1.29 is 17.9 Å². The number of hydrogen-bond acceptors (Lipinski definition) is 5. The van der Waals surface area contributed by atoms with Crippen LogP contribution in [0.5, 0.6) is 5.75 Å². The molecule has 0 atom stereocenters. The van der Waals surface area contributed by atoms with Gasteiger partial charge in [-0.25, -0.2) is 8.42 Å². The lowest BCUT2D eigenvalue weighted by Crippen LogP contribution is -2.36. The molecule has 1 heterocycles. The zero-order valence-electron chi connectivity index (χ0n) is 14.4. The molecule has 0 aliphatic carbocycles. The van der Waals surface area contributed by atoms with Crippen molar-refractivity contribution in [2.45, 2.75) is 11.8 Å². The van der Waals surface area contributed by atoms with E-state index in [4.69, 9.17) is 9.47 Å². The summed E-state index contributed by atoms with van der Waals surface area (Å²) in [5.41, 5.74) is 2.16. The molecule has 1 fully saturated rings. The Morgan fingerprint density at radius 3 is 2.56 bits per heavy atom. The molecular formula is C18H22N2O4S. The number of nitrogens with one attached hydrogen (secondary N) is 1. The molecule has 0 amide bonds. The summed E-state index contributed by atoms with van der Waals surface area (Å²) in [6, 6.07) is 12.3. The van der Waals surface area contributed by atoms with E-state index in [9.17, 15) is 8.42 Å². The monoisotopic (exact) mass is 362 g/mol. The molecule has 1 aliphatic heterocycles. The fraction of sp³-hybridized carbons (Fsp3) is 0.333. The van der Waals surface area contributed by atoms with Crippen molar-refractivity contribution in [3.05, 3.63) is 48.0 Å². The molecule has 1 saturated heterocycles. The molecule has 2 aromatic rings. The average Bonchev–Trinajstić information content (AvgIpc) is 2.62. The van der Waals surface area contributed by atoms with Crippen molar-refractivity contribution in [1.29, 1.82) is 0 Å². The number of ether oxygens (including phenoxy) is 2. The molecule has 0 aromatic heterocycles. The third kappa shape index (κ3) is 4.05. The zero-order valence-corrected chi connectivity index (χ0v) is 15.2. The van der Waals surface area contributed by atoms with Gasteiger partial charge in [0.25, 0.3) is 10.0 Å². The van der Waals surface area contributed by atoms with Gasteiger partial charge in [-0.3, -0.25) is 4.72 Å². The van der Waals surface area contributed by atoms with Gasteiger partial charge >= 0.3 is 0 Å². The third-order valence-corrected chi connectivity index (χ3v) is 5.69. The van der Waals surface area contributed by atoms with Crippen LogP contribution in [0.4, 0.5) is 11.4 Å². The molecule has 25 heavy (non-hydrogen) atoms. The van der Waals surface area contributed by atoms with Gasteiger partial charge < -0.3 is 14.4 Å². The van der Waals surface area contributed by atoms with Gasteiger partial charge in [-0.2, -0.15) is 0 Å². The lowest BCUT2D eigenvalue weighted by atomic mass is 10.2. The van der Waals surface area contributed by atoms with E-state index in [-0.39, 0.29) is 4.90 Å². The average molecular weight is 362 g/mol. The Hall–Kier alpha value is -2.25. The van der Waals surface area contributed by atoms with Crippen LogP contribution in [-0.2, 0) is 14.8 Å². The predicted octanol–water partition coefficient (Wildman–Crippen LogP) is 2.64. The molecule has 134 valence electrons. The van der Waals surface area contributed by atoms with Gasteiger partial charge in [-0.15, -0.1) is 0 Å². The first-order chi connectivity index (χ1) is 12.0. The number of methoxy groups -OCH3 is 1. The molecule has 6 nitrogen and oxygen atoms in total. The quantitative estimate of drug-likeness (QED) is 0.886. The molecule has 1 aliphatic rings. The van der Waals surface area contributed by atoms with E-state index in [0.29, 0.717) is 30.2 Å². The number of aryl methyl sites for hydroxylation is 1. The van der Waals surface area contributed by atoms with Gasteiger partial charge in [0.05, 0.1) is 30.9 Å². The first-order valence-electron chi connectivity index (χ1n) is 8.10. The van der Waals surface area contributed by atoms with Crippen LogP contribution in [0, 0.1) is 6.92 Å². The largest absolute Gasteiger partial charge is 0.497 e. The second-order valence-electron chi connectivity index (χ2n) is 5.89. The van der Waals surface area contributed by atoms with Crippen LogP contribution in [0.15, 0.2) is 47.4 Å². The van der Waals surface area contributed by atoms with Gasteiger partial charge in [0, 0.05) is 18.8 Å². The SMILES string of the molecule is COc1ccc(S(=O)(=O)Nc2cccc(N3CCOCC3)c2)c(C)c1. The van der Waals surface area contributed by atoms with Crippen molar-refractivity contribution >= 4 is 21.4 Å². The highest BCUT2D eigenvalue weighted by Gasteiger charge is 2.18. The normalized spacial score (nSPS) is 15.0. The van der Waals surface area contributed by atoms with Crippen LogP contribution in [0.2, 0.25) is 0 Å². The van der Waals surface area contributed by atoms with Gasteiger partial charge in [0.2, 0.25) is 0 Å². The van der Waals surface area contributed by atoms with Gasteiger partial charge in [0.1, 0.15) is 5.75 Å². The number of nitrogens with zero attached hydrogens (tertiary/aromatic N) is 1. The maximum Gasteiger partial charge on any atom is 0.262 e. The van der Waals surface area contributed by atoms with E-state index < -0.39 is 10.0 Å². The number of morpholine rings is 1. The molecule has 0 unspecified atom stereocenters. The fourth-order valence-corrected chi connectivity index (χ4v) is 4.13. The molecule has 3 rings (SSSR count). The van der Waals surface area contributed by atoms with Crippen molar-refractivity contribution in [2.24, 2.45) is 0 Å². The van der Waals surface area contributed by atoms with Crippen LogP contribution in [0.3, 0.4) is 0 Å². The minimum atomic E-state index is -3.67.